The third-order valence-electron chi connectivity index (χ3n) is 3.34. The first-order valence-corrected chi connectivity index (χ1v) is 6.81. The molecule has 0 saturated carbocycles. The molecule has 0 bridgehead atoms. The zero-order chi connectivity index (χ0) is 15.4. The molecular formula is C15H17N3O3. The maximum Gasteiger partial charge on any atom is 0.343 e. The van der Waals surface area contributed by atoms with E-state index in [4.69, 9.17) is 0 Å². The van der Waals surface area contributed by atoms with E-state index in [0.717, 1.165) is 12.8 Å². The number of aromatic nitrogens is 2. The highest BCUT2D eigenvalue weighted by atomic mass is 16.6. The maximum atomic E-state index is 12.2. The van der Waals surface area contributed by atoms with Gasteiger partial charge in [0, 0.05) is 12.5 Å². The van der Waals surface area contributed by atoms with Crippen molar-refractivity contribution < 1.29 is 9.72 Å². The molecule has 0 radical (unpaired) electrons. The Kier molecular flexibility index (Phi) is 4.47. The van der Waals surface area contributed by atoms with Crippen LogP contribution in [-0.2, 0) is 13.0 Å². The van der Waals surface area contributed by atoms with Crippen molar-refractivity contribution in [1.82, 2.24) is 9.55 Å². The SMILES string of the molecule is CCCc1ccc(C(=O)Cn2c([N+](=O)[O-])cnc2C)cc1. The molecule has 1 aromatic heterocycles. The molecule has 2 aromatic rings. The molecule has 1 aromatic carbocycles. The molecule has 0 aliphatic rings. The van der Waals surface area contributed by atoms with Gasteiger partial charge < -0.3 is 10.1 Å². The van der Waals surface area contributed by atoms with E-state index in [9.17, 15) is 14.9 Å². The molecule has 0 unspecified atom stereocenters. The summed E-state index contributed by atoms with van der Waals surface area (Å²) in [5, 5.41) is 10.9. The van der Waals surface area contributed by atoms with Gasteiger partial charge in [0.25, 0.3) is 0 Å². The Labute approximate surface area is 122 Å². The predicted molar refractivity (Wildman–Crippen MR) is 78.4 cm³/mol. The molecule has 6 nitrogen and oxygen atoms in total. The number of nitro groups is 1. The largest absolute Gasteiger partial charge is 0.358 e. The lowest BCUT2D eigenvalue weighted by molar-refractivity contribution is -0.392. The molecule has 0 amide bonds. The second kappa shape index (κ2) is 6.30. The van der Waals surface area contributed by atoms with Gasteiger partial charge in [-0.15, -0.1) is 0 Å². The predicted octanol–water partition coefficient (Wildman–Crippen LogP) is 2.94. The van der Waals surface area contributed by atoms with Crippen LogP contribution in [0, 0.1) is 17.0 Å². The van der Waals surface area contributed by atoms with Crippen LogP contribution >= 0.6 is 0 Å². The van der Waals surface area contributed by atoms with Crippen LogP contribution in [0.3, 0.4) is 0 Å². The number of hydrogen-bond acceptors (Lipinski definition) is 4. The third kappa shape index (κ3) is 3.34. The summed E-state index contributed by atoms with van der Waals surface area (Å²) in [7, 11) is 0. The van der Waals surface area contributed by atoms with Crippen molar-refractivity contribution in [3.8, 4) is 0 Å². The van der Waals surface area contributed by atoms with Crippen LogP contribution in [0.5, 0.6) is 0 Å². The number of nitrogens with zero attached hydrogens (tertiary/aromatic N) is 3. The molecular weight excluding hydrogens is 270 g/mol. The number of carbonyl (C=O) groups is 1. The molecule has 0 aliphatic heterocycles. The topological polar surface area (TPSA) is 78.0 Å². The maximum absolute atomic E-state index is 12.2. The summed E-state index contributed by atoms with van der Waals surface area (Å²) < 4.78 is 1.32. The first-order valence-electron chi connectivity index (χ1n) is 6.81. The Morgan fingerprint density at radius 2 is 2.00 bits per heavy atom. The van der Waals surface area contributed by atoms with Crippen LogP contribution in [0.25, 0.3) is 0 Å². The molecule has 0 atom stereocenters. The summed E-state index contributed by atoms with van der Waals surface area (Å²) in [5.74, 6) is 0.128. The number of carbonyl (C=O) groups excluding carboxylic acids is 1. The van der Waals surface area contributed by atoms with Crippen molar-refractivity contribution in [3.05, 3.63) is 57.5 Å². The van der Waals surface area contributed by atoms with E-state index < -0.39 is 4.92 Å². The number of benzene rings is 1. The number of imidazole rings is 1. The fourth-order valence-corrected chi connectivity index (χ4v) is 2.18. The van der Waals surface area contributed by atoms with E-state index >= 15 is 0 Å². The van der Waals surface area contributed by atoms with E-state index in [1.165, 1.54) is 16.3 Å². The first-order chi connectivity index (χ1) is 10.0. The van der Waals surface area contributed by atoms with Crippen LogP contribution in [0.15, 0.2) is 30.5 Å². The van der Waals surface area contributed by atoms with Crippen molar-refractivity contribution in [2.45, 2.75) is 33.2 Å². The lowest BCUT2D eigenvalue weighted by atomic mass is 10.1. The lowest BCUT2D eigenvalue weighted by Crippen LogP contribution is -2.13. The highest BCUT2D eigenvalue weighted by Crippen LogP contribution is 2.15. The Bertz CT molecular complexity index is 659. The van der Waals surface area contributed by atoms with E-state index in [2.05, 4.69) is 11.9 Å². The molecule has 0 N–H and O–H groups in total. The second-order valence-electron chi connectivity index (χ2n) is 4.88. The number of ketones is 1. The van der Waals surface area contributed by atoms with Gasteiger partial charge >= 0.3 is 5.82 Å². The van der Waals surface area contributed by atoms with Gasteiger partial charge in [-0.3, -0.25) is 4.79 Å². The van der Waals surface area contributed by atoms with E-state index in [0.29, 0.717) is 11.4 Å². The van der Waals surface area contributed by atoms with Crippen LogP contribution in [0.1, 0.15) is 35.1 Å². The molecule has 0 spiro atoms. The average molecular weight is 287 g/mol. The Balaban J connectivity index is 2.18. The molecule has 0 aliphatic carbocycles. The van der Waals surface area contributed by atoms with Crippen molar-refractivity contribution in [2.75, 3.05) is 0 Å². The van der Waals surface area contributed by atoms with Crippen molar-refractivity contribution in [1.29, 1.82) is 0 Å². The van der Waals surface area contributed by atoms with E-state index in [-0.39, 0.29) is 18.1 Å². The fourth-order valence-electron chi connectivity index (χ4n) is 2.18. The zero-order valence-electron chi connectivity index (χ0n) is 12.1. The summed E-state index contributed by atoms with van der Waals surface area (Å²) in [5.41, 5.74) is 1.73. The molecule has 21 heavy (non-hydrogen) atoms. The third-order valence-corrected chi connectivity index (χ3v) is 3.34. The highest BCUT2D eigenvalue weighted by molar-refractivity contribution is 5.96. The normalized spacial score (nSPS) is 10.6. The van der Waals surface area contributed by atoms with E-state index in [1.807, 2.05) is 12.1 Å². The minimum Gasteiger partial charge on any atom is -0.358 e. The summed E-state index contributed by atoms with van der Waals surface area (Å²) in [6.07, 6.45) is 3.20. The number of rotatable bonds is 6. The Morgan fingerprint density at radius 3 is 2.57 bits per heavy atom. The Morgan fingerprint density at radius 1 is 1.33 bits per heavy atom. The molecule has 0 fully saturated rings. The lowest BCUT2D eigenvalue weighted by Gasteiger charge is -2.04. The van der Waals surface area contributed by atoms with Gasteiger partial charge in [-0.2, -0.15) is 0 Å². The van der Waals surface area contributed by atoms with Gasteiger partial charge in [-0.25, -0.2) is 9.55 Å². The van der Waals surface area contributed by atoms with Gasteiger partial charge in [0.15, 0.2) is 12.4 Å². The standard InChI is InChI=1S/C15H17N3O3/c1-3-4-12-5-7-13(8-6-12)14(19)10-17-11(2)16-9-15(17)18(20)21/h5-9H,3-4,10H2,1-2H3. The van der Waals surface area contributed by atoms with Crippen LogP contribution < -0.4 is 0 Å². The van der Waals surface area contributed by atoms with Crippen LogP contribution in [0.2, 0.25) is 0 Å². The van der Waals surface area contributed by atoms with Crippen molar-refractivity contribution in [3.63, 3.8) is 0 Å². The summed E-state index contributed by atoms with van der Waals surface area (Å²) in [6, 6.07) is 7.38. The Hall–Kier alpha value is -2.50. The molecule has 0 saturated heterocycles. The van der Waals surface area contributed by atoms with Gasteiger partial charge in [0.1, 0.15) is 6.20 Å². The summed E-state index contributed by atoms with van der Waals surface area (Å²) >= 11 is 0. The van der Waals surface area contributed by atoms with Crippen LogP contribution in [-0.4, -0.2) is 20.3 Å². The van der Waals surface area contributed by atoms with Crippen LogP contribution in [0.4, 0.5) is 5.82 Å². The minimum absolute atomic E-state index is 0.0741. The van der Waals surface area contributed by atoms with Gasteiger partial charge in [-0.1, -0.05) is 37.6 Å². The summed E-state index contributed by atoms with van der Waals surface area (Å²) in [4.78, 5) is 26.5. The quantitative estimate of drug-likeness (QED) is 0.465. The highest BCUT2D eigenvalue weighted by Gasteiger charge is 2.20. The van der Waals surface area contributed by atoms with Gasteiger partial charge in [0.05, 0.1) is 0 Å². The smallest absolute Gasteiger partial charge is 0.343 e. The average Bonchev–Trinajstić information content (AvgIpc) is 2.81. The minimum atomic E-state index is -0.530. The zero-order valence-corrected chi connectivity index (χ0v) is 12.1. The molecule has 1 heterocycles. The molecule has 110 valence electrons. The van der Waals surface area contributed by atoms with E-state index in [1.54, 1.807) is 19.1 Å². The monoisotopic (exact) mass is 287 g/mol. The second-order valence-corrected chi connectivity index (χ2v) is 4.88. The van der Waals surface area contributed by atoms with Gasteiger partial charge in [-0.05, 0) is 16.9 Å². The molecule has 6 heteroatoms. The van der Waals surface area contributed by atoms with Gasteiger partial charge in [0.2, 0.25) is 5.78 Å². The van der Waals surface area contributed by atoms with Crippen molar-refractivity contribution >= 4 is 11.6 Å². The number of hydrogen-bond donors (Lipinski definition) is 0. The number of Topliss-reactive ketones (excluding diaryl/α,β-unsaturated/α-hetero) is 1. The number of aryl methyl sites for hydroxylation is 2. The van der Waals surface area contributed by atoms with Crippen molar-refractivity contribution in [2.24, 2.45) is 0 Å². The first kappa shape index (κ1) is 14.9. The summed E-state index contributed by atoms with van der Waals surface area (Å²) in [6.45, 7) is 3.67. The molecule has 2 rings (SSSR count). The fraction of sp³-hybridized carbons (Fsp3) is 0.333.